The van der Waals surface area contributed by atoms with Crippen molar-refractivity contribution in [3.63, 3.8) is 0 Å². The summed E-state index contributed by atoms with van der Waals surface area (Å²) >= 11 is 0. The maximum atomic E-state index is 13.2. The first-order valence-electron chi connectivity index (χ1n) is 13.4. The van der Waals surface area contributed by atoms with Gasteiger partial charge in [0.05, 0.1) is 32.0 Å². The van der Waals surface area contributed by atoms with Gasteiger partial charge < -0.3 is 18.9 Å². The summed E-state index contributed by atoms with van der Waals surface area (Å²) in [5.41, 5.74) is -1.03. The number of nitrogens with one attached hydrogen (secondary N) is 2. The number of ether oxygens (including phenoxy) is 1. The number of aliphatic hydroxyl groups is 1. The van der Waals surface area contributed by atoms with Crippen LogP contribution in [0.5, 0.6) is 5.75 Å². The largest absolute Gasteiger partial charge is 0.468 e. The predicted octanol–water partition coefficient (Wildman–Crippen LogP) is 1.41. The minimum atomic E-state index is -3.99. The van der Waals surface area contributed by atoms with Crippen LogP contribution in [0.25, 0.3) is 6.08 Å². The predicted molar refractivity (Wildman–Crippen MR) is 153 cm³/mol. The van der Waals surface area contributed by atoms with E-state index in [9.17, 15) is 28.6 Å². The molecule has 0 spiro atoms. The van der Waals surface area contributed by atoms with E-state index in [1.165, 1.54) is 23.9 Å². The highest BCUT2D eigenvalue weighted by molar-refractivity contribution is 7.54. The molecule has 2 saturated heterocycles. The van der Waals surface area contributed by atoms with Gasteiger partial charge in [-0.3, -0.25) is 28.2 Å². The van der Waals surface area contributed by atoms with Crippen molar-refractivity contribution in [3.8, 4) is 5.75 Å². The van der Waals surface area contributed by atoms with E-state index in [4.69, 9.17) is 13.6 Å². The number of H-pyrrole nitrogens is 1. The Bertz CT molecular complexity index is 1440. The maximum absolute atomic E-state index is 13.2. The molecule has 17 heteroatoms. The summed E-state index contributed by atoms with van der Waals surface area (Å²) in [4.78, 5) is 38.3. The quantitative estimate of drug-likeness (QED) is 0.123. The van der Waals surface area contributed by atoms with Crippen molar-refractivity contribution < 1.29 is 37.3 Å². The van der Waals surface area contributed by atoms with Gasteiger partial charge in [-0.25, -0.2) is 23.8 Å². The molecule has 4 rings (SSSR count). The molecule has 2 atom stereocenters. The van der Waals surface area contributed by atoms with E-state index in [1.807, 2.05) is 0 Å². The van der Waals surface area contributed by atoms with E-state index in [0.29, 0.717) is 0 Å². The Morgan fingerprint density at radius 2 is 1.79 bits per heavy atom. The number of carbonyl (C=O) groups is 1. The van der Waals surface area contributed by atoms with Crippen LogP contribution < -0.4 is 20.9 Å². The topological polar surface area (TPSA) is 181 Å². The molecular weight excluding hydrogens is 592 g/mol. The Morgan fingerprint density at radius 1 is 1.10 bits per heavy atom. The van der Waals surface area contributed by atoms with E-state index in [-0.39, 0.29) is 43.9 Å². The Morgan fingerprint density at radius 3 is 2.43 bits per heavy atom. The molecule has 0 amide bonds. The fourth-order valence-corrected chi connectivity index (χ4v) is 7.19. The van der Waals surface area contributed by atoms with Crippen molar-refractivity contribution in [3.05, 3.63) is 69.0 Å². The second-order valence-electron chi connectivity index (χ2n) is 9.51. The molecule has 2 aromatic rings. The maximum Gasteiger partial charge on any atom is 0.459 e. The highest BCUT2D eigenvalue weighted by Gasteiger charge is 2.49. The van der Waals surface area contributed by atoms with Gasteiger partial charge in [0.25, 0.3) is 5.56 Å². The van der Waals surface area contributed by atoms with Gasteiger partial charge in [-0.15, -0.1) is 0 Å². The minimum absolute atomic E-state index is 0.0356. The highest BCUT2D eigenvalue weighted by Crippen LogP contribution is 2.60. The summed E-state index contributed by atoms with van der Waals surface area (Å²) in [6.45, 7) is 2.42. The van der Waals surface area contributed by atoms with Crippen LogP contribution in [0.4, 0.5) is 0 Å². The van der Waals surface area contributed by atoms with E-state index in [0.717, 1.165) is 26.2 Å². The normalized spacial score (nSPS) is 17.6. The molecule has 1 unspecified atom stereocenters. The summed E-state index contributed by atoms with van der Waals surface area (Å²) in [6, 6.07) is 8.24. The number of para-hydroxylation sites is 1. The van der Waals surface area contributed by atoms with Crippen molar-refractivity contribution in [2.24, 2.45) is 0 Å². The third kappa shape index (κ3) is 9.32. The van der Waals surface area contributed by atoms with Crippen molar-refractivity contribution in [1.82, 2.24) is 24.0 Å². The van der Waals surface area contributed by atoms with Crippen LogP contribution >= 0.6 is 15.4 Å². The molecule has 0 bridgehead atoms. The summed E-state index contributed by atoms with van der Waals surface area (Å²) in [5.74, 6) is -0.417. The number of hydrogen-bond donors (Lipinski definition) is 3. The molecule has 42 heavy (non-hydrogen) atoms. The van der Waals surface area contributed by atoms with Crippen LogP contribution in [-0.4, -0.2) is 89.1 Å². The Kier molecular flexibility index (Phi) is 11.1. The van der Waals surface area contributed by atoms with Crippen LogP contribution in [0.2, 0.25) is 0 Å². The first-order chi connectivity index (χ1) is 20.1. The number of aromatic amines is 1. The van der Waals surface area contributed by atoms with Crippen molar-refractivity contribution in [1.29, 1.82) is 0 Å². The zero-order valence-corrected chi connectivity index (χ0v) is 24.9. The molecule has 0 radical (unpaired) electrons. The van der Waals surface area contributed by atoms with E-state index in [2.05, 4.69) is 14.8 Å². The van der Waals surface area contributed by atoms with Crippen LogP contribution in [-0.2, 0) is 34.3 Å². The lowest BCUT2D eigenvalue weighted by atomic mass is 10.2. The zero-order valence-electron chi connectivity index (χ0n) is 23.1. The standard InChI is InChI=1S/C25H35N5O10P2/c1-37-23(32)18-26-41(35,40-22-7-3-2-4-8-22)38-17-10-21(31)9-11-28-19-20(24(33)27-25(28)34)6-5-16-39-42(36,29-12-13-29)30-14-15-30/h2-8,19,21,31H,9-18H2,1H3,(H,26,35)(H,27,33,34)/b6-5+/t21-,41?/m0/s1. The molecule has 3 N–H and O–H groups in total. The molecule has 2 fully saturated rings. The summed E-state index contributed by atoms with van der Waals surface area (Å²) < 4.78 is 52.0. The van der Waals surface area contributed by atoms with Crippen molar-refractivity contribution in [2.45, 2.75) is 25.5 Å². The van der Waals surface area contributed by atoms with Crippen LogP contribution in [0.1, 0.15) is 18.4 Å². The fraction of sp³-hybridized carbons (Fsp3) is 0.480. The number of aromatic nitrogens is 2. The summed E-state index contributed by atoms with van der Waals surface area (Å²) in [5, 5.41) is 12.9. The number of rotatable bonds is 18. The average Bonchev–Trinajstić information content (AvgIpc) is 3.88. The first kappa shape index (κ1) is 32.1. The number of aliphatic hydroxyl groups excluding tert-OH is 1. The Labute approximate surface area is 242 Å². The summed E-state index contributed by atoms with van der Waals surface area (Å²) in [6.07, 6.45) is 3.63. The fourth-order valence-electron chi connectivity index (χ4n) is 3.76. The lowest BCUT2D eigenvalue weighted by molar-refractivity contribution is -0.139. The number of esters is 1. The van der Waals surface area contributed by atoms with Gasteiger partial charge in [0.15, 0.2) is 0 Å². The molecular formula is C25H35N5O10P2. The number of hydrogen-bond acceptors (Lipinski definition) is 10. The molecule has 3 heterocycles. The molecule has 230 valence electrons. The molecule has 0 aliphatic carbocycles. The third-order valence-electron chi connectivity index (χ3n) is 6.27. The van der Waals surface area contributed by atoms with Gasteiger partial charge in [-0.05, 0) is 31.1 Å². The van der Waals surface area contributed by atoms with E-state index >= 15 is 0 Å². The molecule has 1 aromatic heterocycles. The molecule has 2 aliphatic rings. The number of aryl methyl sites for hydroxylation is 1. The lowest BCUT2D eigenvalue weighted by Crippen LogP contribution is -2.31. The molecule has 15 nitrogen and oxygen atoms in total. The Hall–Kier alpha value is -2.87. The van der Waals surface area contributed by atoms with Gasteiger partial charge in [0.1, 0.15) is 12.3 Å². The van der Waals surface area contributed by atoms with E-state index < -0.39 is 45.3 Å². The lowest BCUT2D eigenvalue weighted by Gasteiger charge is -2.20. The summed E-state index contributed by atoms with van der Waals surface area (Å²) in [7, 11) is -5.78. The molecule has 2 aliphatic heterocycles. The van der Waals surface area contributed by atoms with Gasteiger partial charge in [-0.1, -0.05) is 24.3 Å². The first-order valence-corrected chi connectivity index (χ1v) is 16.4. The highest BCUT2D eigenvalue weighted by atomic mass is 31.2. The van der Waals surface area contributed by atoms with Crippen LogP contribution in [0.15, 0.2) is 52.2 Å². The minimum Gasteiger partial charge on any atom is -0.468 e. The zero-order chi connectivity index (χ0) is 30.2. The van der Waals surface area contributed by atoms with Crippen LogP contribution in [0.3, 0.4) is 0 Å². The van der Waals surface area contributed by atoms with Crippen LogP contribution in [0, 0.1) is 0 Å². The van der Waals surface area contributed by atoms with Crippen molar-refractivity contribution >= 4 is 27.5 Å². The van der Waals surface area contributed by atoms with E-state index in [1.54, 1.807) is 45.7 Å². The van der Waals surface area contributed by atoms with Gasteiger partial charge in [0, 0.05) is 38.9 Å². The second kappa shape index (κ2) is 14.5. The number of nitrogens with zero attached hydrogens (tertiary/aromatic N) is 3. The second-order valence-corrected chi connectivity index (χ2v) is 13.6. The van der Waals surface area contributed by atoms with Gasteiger partial charge >= 0.3 is 27.1 Å². The monoisotopic (exact) mass is 627 g/mol. The Balaban J connectivity index is 1.27. The molecule has 1 aromatic carbocycles. The SMILES string of the molecule is COC(=O)CNP(=O)(OCC[C@@H](O)CCn1cc(/C=C/COP(=O)(N2CC2)N2CC2)c(=O)[nH]c1=O)Oc1ccccc1. The third-order valence-corrected chi connectivity index (χ3v) is 10.5. The number of methoxy groups -OCH3 is 1. The van der Waals surface area contributed by atoms with Gasteiger partial charge in [-0.2, -0.15) is 0 Å². The molecule has 0 saturated carbocycles. The smallest absolute Gasteiger partial charge is 0.459 e. The number of benzene rings is 1. The van der Waals surface area contributed by atoms with Crippen molar-refractivity contribution in [2.75, 3.05) is 53.0 Å². The average molecular weight is 628 g/mol. The number of carbonyl (C=O) groups excluding carboxylic acids is 1. The van der Waals surface area contributed by atoms with Gasteiger partial charge in [0.2, 0.25) is 0 Å².